The van der Waals surface area contributed by atoms with Crippen LogP contribution in [0.4, 0.5) is 0 Å². The lowest BCUT2D eigenvalue weighted by molar-refractivity contribution is 0.303. The average molecular weight is 300 g/mol. The Morgan fingerprint density at radius 1 is 0.818 bits per heavy atom. The van der Waals surface area contributed by atoms with E-state index in [0.29, 0.717) is 6.61 Å². The predicted molar refractivity (Wildman–Crippen MR) is 89.0 cm³/mol. The van der Waals surface area contributed by atoms with Crippen LogP contribution < -0.4 is 14.2 Å². The van der Waals surface area contributed by atoms with Crippen LogP contribution in [0.15, 0.2) is 42.5 Å². The molecule has 0 N–H and O–H groups in total. The van der Waals surface area contributed by atoms with Gasteiger partial charge in [0.1, 0.15) is 23.9 Å². The van der Waals surface area contributed by atoms with E-state index in [-0.39, 0.29) is 5.41 Å². The minimum absolute atomic E-state index is 0.110. The van der Waals surface area contributed by atoms with Crippen molar-refractivity contribution in [3.8, 4) is 17.2 Å². The number of rotatable bonds is 5. The van der Waals surface area contributed by atoms with Gasteiger partial charge in [0.05, 0.1) is 14.2 Å². The van der Waals surface area contributed by atoms with Gasteiger partial charge in [-0.3, -0.25) is 0 Å². The third-order valence-corrected chi connectivity index (χ3v) is 3.52. The van der Waals surface area contributed by atoms with Gasteiger partial charge in [-0.05, 0) is 40.8 Å². The zero-order valence-corrected chi connectivity index (χ0v) is 14.0. The predicted octanol–water partition coefficient (Wildman–Crippen LogP) is 4.58. The molecule has 0 saturated carbocycles. The van der Waals surface area contributed by atoms with Gasteiger partial charge in [0.25, 0.3) is 0 Å². The van der Waals surface area contributed by atoms with E-state index in [4.69, 9.17) is 14.2 Å². The van der Waals surface area contributed by atoms with E-state index in [1.54, 1.807) is 14.2 Å². The van der Waals surface area contributed by atoms with Gasteiger partial charge in [-0.25, -0.2) is 0 Å². The minimum Gasteiger partial charge on any atom is -0.497 e. The Kier molecular flexibility index (Phi) is 4.96. The van der Waals surface area contributed by atoms with E-state index in [1.807, 2.05) is 30.3 Å². The molecule has 3 nitrogen and oxygen atoms in total. The van der Waals surface area contributed by atoms with Crippen LogP contribution in [0.25, 0.3) is 0 Å². The topological polar surface area (TPSA) is 27.7 Å². The second kappa shape index (κ2) is 6.73. The number of ether oxygens (including phenoxy) is 3. The van der Waals surface area contributed by atoms with Gasteiger partial charge >= 0.3 is 0 Å². The molecule has 0 atom stereocenters. The van der Waals surface area contributed by atoms with Crippen molar-refractivity contribution in [2.45, 2.75) is 32.8 Å². The second-order valence-corrected chi connectivity index (χ2v) is 6.29. The number of hydrogen-bond donors (Lipinski definition) is 0. The van der Waals surface area contributed by atoms with Gasteiger partial charge < -0.3 is 14.2 Å². The van der Waals surface area contributed by atoms with E-state index in [2.05, 4.69) is 32.9 Å². The van der Waals surface area contributed by atoms with Crippen LogP contribution in [-0.4, -0.2) is 14.2 Å². The lowest BCUT2D eigenvalue weighted by Crippen LogP contribution is -2.11. The standard InChI is InChI=1S/C19H24O3/c1-19(2,3)15-7-6-8-16(11-15)22-13-14-9-17(20-4)12-18(10-14)21-5/h6-12H,13H2,1-5H3. The van der Waals surface area contributed by atoms with Crippen LogP contribution in [-0.2, 0) is 12.0 Å². The van der Waals surface area contributed by atoms with E-state index in [9.17, 15) is 0 Å². The van der Waals surface area contributed by atoms with Gasteiger partial charge in [-0.2, -0.15) is 0 Å². The molecular formula is C19H24O3. The van der Waals surface area contributed by atoms with Crippen molar-refractivity contribution < 1.29 is 14.2 Å². The highest BCUT2D eigenvalue weighted by atomic mass is 16.5. The highest BCUT2D eigenvalue weighted by Crippen LogP contribution is 2.27. The normalized spacial score (nSPS) is 11.1. The summed E-state index contributed by atoms with van der Waals surface area (Å²) in [4.78, 5) is 0. The van der Waals surface area contributed by atoms with Crippen LogP contribution in [0.3, 0.4) is 0 Å². The van der Waals surface area contributed by atoms with Gasteiger partial charge in [-0.1, -0.05) is 32.9 Å². The summed E-state index contributed by atoms with van der Waals surface area (Å²) in [5.74, 6) is 2.40. The fraction of sp³-hybridized carbons (Fsp3) is 0.368. The quantitative estimate of drug-likeness (QED) is 0.809. The monoisotopic (exact) mass is 300 g/mol. The maximum absolute atomic E-state index is 5.92. The zero-order valence-electron chi connectivity index (χ0n) is 14.0. The first kappa shape index (κ1) is 16.2. The summed E-state index contributed by atoms with van der Waals surface area (Å²) >= 11 is 0. The number of benzene rings is 2. The third kappa shape index (κ3) is 4.17. The molecule has 0 radical (unpaired) electrons. The van der Waals surface area contributed by atoms with Crippen LogP contribution in [0, 0.1) is 0 Å². The lowest BCUT2D eigenvalue weighted by atomic mass is 9.87. The largest absolute Gasteiger partial charge is 0.497 e. The molecule has 0 aliphatic heterocycles. The average Bonchev–Trinajstić information content (AvgIpc) is 2.52. The molecule has 0 aliphatic carbocycles. The van der Waals surface area contributed by atoms with Crippen molar-refractivity contribution >= 4 is 0 Å². The third-order valence-electron chi connectivity index (χ3n) is 3.52. The molecule has 0 aliphatic rings. The Balaban J connectivity index is 2.13. The van der Waals surface area contributed by atoms with E-state index in [0.717, 1.165) is 22.8 Å². The Bertz CT molecular complexity index is 605. The Morgan fingerprint density at radius 3 is 2.00 bits per heavy atom. The molecule has 0 aromatic heterocycles. The molecule has 2 aromatic rings. The van der Waals surface area contributed by atoms with Gasteiger partial charge in [0, 0.05) is 6.07 Å². The van der Waals surface area contributed by atoms with Crippen molar-refractivity contribution in [1.82, 2.24) is 0 Å². The lowest BCUT2D eigenvalue weighted by Gasteiger charge is -2.19. The first-order chi connectivity index (χ1) is 10.4. The minimum atomic E-state index is 0.110. The number of methoxy groups -OCH3 is 2. The van der Waals surface area contributed by atoms with Crippen molar-refractivity contribution in [3.63, 3.8) is 0 Å². The first-order valence-electron chi connectivity index (χ1n) is 7.37. The van der Waals surface area contributed by atoms with E-state index < -0.39 is 0 Å². The van der Waals surface area contributed by atoms with Crippen LogP contribution in [0.2, 0.25) is 0 Å². The Hall–Kier alpha value is -2.16. The summed E-state index contributed by atoms with van der Waals surface area (Å²) in [5, 5.41) is 0. The SMILES string of the molecule is COc1cc(COc2cccc(C(C)(C)C)c2)cc(OC)c1. The molecule has 0 heterocycles. The molecule has 0 fully saturated rings. The summed E-state index contributed by atoms with van der Waals surface area (Å²) < 4.78 is 16.5. The molecule has 0 unspecified atom stereocenters. The molecule has 118 valence electrons. The van der Waals surface area contributed by atoms with Gasteiger partial charge in [0.2, 0.25) is 0 Å². The molecule has 0 saturated heterocycles. The second-order valence-electron chi connectivity index (χ2n) is 6.29. The molecular weight excluding hydrogens is 276 g/mol. The van der Waals surface area contributed by atoms with Crippen molar-refractivity contribution in [3.05, 3.63) is 53.6 Å². The molecule has 0 bridgehead atoms. The Morgan fingerprint density at radius 2 is 1.45 bits per heavy atom. The summed E-state index contributed by atoms with van der Waals surface area (Å²) in [7, 11) is 3.29. The maximum atomic E-state index is 5.92. The van der Waals surface area contributed by atoms with Crippen LogP contribution in [0.5, 0.6) is 17.2 Å². The zero-order chi connectivity index (χ0) is 16.2. The summed E-state index contributed by atoms with van der Waals surface area (Å²) in [5.41, 5.74) is 2.38. The fourth-order valence-corrected chi connectivity index (χ4v) is 2.17. The summed E-state index contributed by atoms with van der Waals surface area (Å²) in [6, 6.07) is 14.0. The van der Waals surface area contributed by atoms with Crippen LogP contribution in [0.1, 0.15) is 31.9 Å². The van der Waals surface area contributed by atoms with Crippen LogP contribution >= 0.6 is 0 Å². The molecule has 22 heavy (non-hydrogen) atoms. The van der Waals surface area contributed by atoms with E-state index in [1.165, 1.54) is 5.56 Å². The van der Waals surface area contributed by atoms with E-state index >= 15 is 0 Å². The molecule has 3 heteroatoms. The maximum Gasteiger partial charge on any atom is 0.122 e. The Labute approximate surface area is 132 Å². The molecule has 2 aromatic carbocycles. The van der Waals surface area contributed by atoms with Crippen molar-refractivity contribution in [2.24, 2.45) is 0 Å². The summed E-state index contributed by atoms with van der Waals surface area (Å²) in [6.07, 6.45) is 0. The highest BCUT2D eigenvalue weighted by Gasteiger charge is 2.14. The molecule has 0 amide bonds. The van der Waals surface area contributed by atoms with Crippen molar-refractivity contribution in [2.75, 3.05) is 14.2 Å². The molecule has 0 spiro atoms. The van der Waals surface area contributed by atoms with Gasteiger partial charge in [0.15, 0.2) is 0 Å². The summed E-state index contributed by atoms with van der Waals surface area (Å²) in [6.45, 7) is 7.05. The van der Waals surface area contributed by atoms with Crippen molar-refractivity contribution in [1.29, 1.82) is 0 Å². The number of hydrogen-bond acceptors (Lipinski definition) is 3. The first-order valence-corrected chi connectivity index (χ1v) is 7.37. The highest BCUT2D eigenvalue weighted by molar-refractivity contribution is 5.39. The fourth-order valence-electron chi connectivity index (χ4n) is 2.17. The molecule has 2 rings (SSSR count). The smallest absolute Gasteiger partial charge is 0.122 e. The van der Waals surface area contributed by atoms with Gasteiger partial charge in [-0.15, -0.1) is 0 Å².